The molecule has 26 heavy (non-hydrogen) atoms. The van der Waals surface area contributed by atoms with Crippen molar-refractivity contribution in [3.05, 3.63) is 54.1 Å². The Labute approximate surface area is 153 Å². The number of rotatable bonds is 6. The van der Waals surface area contributed by atoms with Gasteiger partial charge in [0.25, 0.3) is 10.0 Å². The molecule has 0 atom stereocenters. The van der Waals surface area contributed by atoms with Crippen molar-refractivity contribution in [2.45, 2.75) is 24.7 Å². The number of fused-ring (bicyclic) bond motifs is 1. The fraction of sp³-hybridized carbons (Fsp3) is 0.316. The van der Waals surface area contributed by atoms with Gasteiger partial charge >= 0.3 is 5.97 Å². The molecule has 0 spiro atoms. The molecule has 0 aromatic heterocycles. The second kappa shape index (κ2) is 7.78. The van der Waals surface area contributed by atoms with Gasteiger partial charge in [-0.25, -0.2) is 8.42 Å². The van der Waals surface area contributed by atoms with Crippen LogP contribution in [0.2, 0.25) is 0 Å². The van der Waals surface area contributed by atoms with E-state index in [2.05, 4.69) is 5.32 Å². The average Bonchev–Trinajstić information content (AvgIpc) is 2.66. The molecule has 7 heteroatoms. The van der Waals surface area contributed by atoms with Crippen LogP contribution in [0.25, 0.3) is 0 Å². The molecule has 3 rings (SSSR count). The Balaban J connectivity index is 2.09. The number of para-hydroxylation sites is 1. The molecule has 0 unspecified atom stereocenters. The van der Waals surface area contributed by atoms with E-state index in [-0.39, 0.29) is 18.0 Å². The van der Waals surface area contributed by atoms with Crippen LogP contribution in [0.15, 0.2) is 53.4 Å². The summed E-state index contributed by atoms with van der Waals surface area (Å²) in [5.74, 6) is -0.583. The third-order valence-corrected chi connectivity index (χ3v) is 6.01. The minimum atomic E-state index is -3.91. The number of anilines is 2. The van der Waals surface area contributed by atoms with Gasteiger partial charge in [0.15, 0.2) is 0 Å². The van der Waals surface area contributed by atoms with Crippen molar-refractivity contribution in [3.63, 3.8) is 0 Å². The zero-order valence-corrected chi connectivity index (χ0v) is 15.5. The van der Waals surface area contributed by atoms with Crippen molar-refractivity contribution in [1.82, 2.24) is 0 Å². The molecule has 2 aromatic rings. The molecule has 1 aliphatic rings. The molecule has 1 heterocycles. The zero-order chi connectivity index (χ0) is 18.6. The van der Waals surface area contributed by atoms with Gasteiger partial charge in [-0.1, -0.05) is 30.3 Å². The second-order valence-electron chi connectivity index (χ2n) is 5.97. The molecule has 0 amide bonds. The lowest BCUT2D eigenvalue weighted by Gasteiger charge is -2.29. The average molecular weight is 374 g/mol. The molecule has 6 nitrogen and oxygen atoms in total. The fourth-order valence-corrected chi connectivity index (χ4v) is 4.48. The predicted molar refractivity (Wildman–Crippen MR) is 101 cm³/mol. The molecule has 0 radical (unpaired) electrons. The van der Waals surface area contributed by atoms with E-state index in [1.807, 2.05) is 12.1 Å². The van der Waals surface area contributed by atoms with Gasteiger partial charge < -0.3 is 10.1 Å². The van der Waals surface area contributed by atoms with Crippen molar-refractivity contribution >= 4 is 27.4 Å². The normalized spacial score (nSPS) is 13.4. The number of hydrogen-bond acceptors (Lipinski definition) is 5. The number of esters is 1. The highest BCUT2D eigenvalue weighted by Gasteiger charge is 2.30. The Morgan fingerprint density at radius 3 is 2.65 bits per heavy atom. The van der Waals surface area contributed by atoms with Crippen LogP contribution in [0, 0.1) is 0 Å². The van der Waals surface area contributed by atoms with E-state index < -0.39 is 16.0 Å². The third-order valence-electron chi connectivity index (χ3n) is 4.23. The maximum atomic E-state index is 13.2. The number of hydrogen-bond donors (Lipinski definition) is 1. The van der Waals surface area contributed by atoms with Crippen molar-refractivity contribution in [3.8, 4) is 0 Å². The van der Waals surface area contributed by atoms with Gasteiger partial charge in [0.2, 0.25) is 0 Å². The lowest BCUT2D eigenvalue weighted by Crippen LogP contribution is -2.37. The number of benzene rings is 2. The Hall–Kier alpha value is -2.54. The number of sulfonamides is 1. The smallest absolute Gasteiger partial charge is 0.326 e. The molecular formula is C19H22N2O4S. The van der Waals surface area contributed by atoms with Gasteiger partial charge in [-0.05, 0) is 43.5 Å². The molecule has 0 aliphatic carbocycles. The first-order chi connectivity index (χ1) is 12.5. The minimum absolute atomic E-state index is 0.137. The maximum Gasteiger partial charge on any atom is 0.326 e. The molecule has 0 bridgehead atoms. The number of ether oxygens (including phenoxy) is 1. The number of nitrogens with one attached hydrogen (secondary N) is 1. The van der Waals surface area contributed by atoms with E-state index in [0.29, 0.717) is 5.69 Å². The fourth-order valence-electron chi connectivity index (χ4n) is 3.04. The van der Waals surface area contributed by atoms with E-state index in [1.54, 1.807) is 31.2 Å². The number of carbonyl (C=O) groups excluding carboxylic acids is 1. The summed E-state index contributed by atoms with van der Waals surface area (Å²) in [5, 5.41) is 3.28. The van der Waals surface area contributed by atoms with Gasteiger partial charge in [0, 0.05) is 6.54 Å². The highest BCUT2D eigenvalue weighted by Crippen LogP contribution is 2.35. The summed E-state index contributed by atoms with van der Waals surface area (Å²) < 4.78 is 32.6. The van der Waals surface area contributed by atoms with Gasteiger partial charge in [-0.2, -0.15) is 0 Å². The summed E-state index contributed by atoms with van der Waals surface area (Å²) >= 11 is 0. The maximum absolute atomic E-state index is 13.2. The number of carbonyl (C=O) groups is 1. The largest absolute Gasteiger partial charge is 0.465 e. The van der Waals surface area contributed by atoms with Crippen molar-refractivity contribution in [2.75, 3.05) is 29.3 Å². The molecular weight excluding hydrogens is 352 g/mol. The van der Waals surface area contributed by atoms with Crippen LogP contribution in [0.4, 0.5) is 11.4 Å². The Morgan fingerprint density at radius 1 is 1.15 bits per heavy atom. The molecule has 2 aromatic carbocycles. The Bertz CT molecular complexity index is 882. The first-order valence-corrected chi connectivity index (χ1v) is 10.1. The van der Waals surface area contributed by atoms with Crippen LogP contribution in [0.1, 0.15) is 18.9 Å². The van der Waals surface area contributed by atoms with E-state index in [1.165, 1.54) is 12.1 Å². The topological polar surface area (TPSA) is 75.7 Å². The van der Waals surface area contributed by atoms with Gasteiger partial charge in [-0.15, -0.1) is 0 Å². The zero-order valence-electron chi connectivity index (χ0n) is 14.6. The summed E-state index contributed by atoms with van der Waals surface area (Å²) in [6.45, 7) is 2.29. The monoisotopic (exact) mass is 374 g/mol. The van der Waals surface area contributed by atoms with E-state index in [4.69, 9.17) is 4.74 Å². The van der Waals surface area contributed by atoms with Crippen molar-refractivity contribution in [1.29, 1.82) is 0 Å². The van der Waals surface area contributed by atoms with Crippen molar-refractivity contribution in [2.24, 2.45) is 0 Å². The summed E-state index contributed by atoms with van der Waals surface area (Å²) in [6, 6.07) is 13.6. The second-order valence-corrected chi connectivity index (χ2v) is 7.83. The molecule has 0 saturated heterocycles. The van der Waals surface area contributed by atoms with Crippen molar-refractivity contribution < 1.29 is 17.9 Å². The number of nitrogens with zero attached hydrogens (tertiary/aromatic N) is 1. The first-order valence-electron chi connectivity index (χ1n) is 8.63. The molecule has 1 aliphatic heterocycles. The van der Waals surface area contributed by atoms with E-state index in [9.17, 15) is 13.2 Å². The van der Waals surface area contributed by atoms with E-state index >= 15 is 0 Å². The molecule has 0 saturated carbocycles. The Kier molecular flexibility index (Phi) is 5.46. The highest BCUT2D eigenvalue weighted by atomic mass is 32.2. The standard InChI is InChI=1S/C19H22N2O4S/c1-2-25-18(22)14-21(26(23,24)16-10-4-3-5-11-16)17-12-6-8-15-9-7-13-20-19(15)17/h3-6,8,10-12,20H,2,7,9,13-14H2,1H3. The summed E-state index contributed by atoms with van der Waals surface area (Å²) in [4.78, 5) is 12.3. The predicted octanol–water partition coefficient (Wildman–Crippen LogP) is 2.80. The summed E-state index contributed by atoms with van der Waals surface area (Å²) in [5.41, 5.74) is 2.28. The van der Waals surface area contributed by atoms with Gasteiger partial charge in [0.1, 0.15) is 6.54 Å². The lowest BCUT2D eigenvalue weighted by molar-refractivity contribution is -0.141. The molecule has 0 fully saturated rings. The molecule has 1 N–H and O–H groups in total. The van der Waals surface area contributed by atoms with Gasteiger partial charge in [-0.3, -0.25) is 9.10 Å². The Morgan fingerprint density at radius 2 is 1.92 bits per heavy atom. The van der Waals surface area contributed by atoms with Crippen LogP contribution < -0.4 is 9.62 Å². The number of aryl methyl sites for hydroxylation is 1. The van der Waals surface area contributed by atoms with Crippen LogP contribution in [-0.4, -0.2) is 34.1 Å². The highest BCUT2D eigenvalue weighted by molar-refractivity contribution is 7.92. The van der Waals surface area contributed by atoms with Crippen LogP contribution in [0.3, 0.4) is 0 Å². The molecule has 138 valence electrons. The van der Waals surface area contributed by atoms with E-state index in [0.717, 1.165) is 34.9 Å². The lowest BCUT2D eigenvalue weighted by atomic mass is 10.0. The van der Waals surface area contributed by atoms with Gasteiger partial charge in [0.05, 0.1) is 22.9 Å². The summed E-state index contributed by atoms with van der Waals surface area (Å²) in [6.07, 6.45) is 1.86. The third kappa shape index (κ3) is 3.67. The minimum Gasteiger partial charge on any atom is -0.465 e. The van der Waals surface area contributed by atoms with Crippen LogP contribution in [0.5, 0.6) is 0 Å². The first kappa shape index (κ1) is 18.3. The summed E-state index contributed by atoms with van der Waals surface area (Å²) in [7, 11) is -3.91. The van der Waals surface area contributed by atoms with Crippen LogP contribution >= 0.6 is 0 Å². The van der Waals surface area contributed by atoms with Crippen LogP contribution in [-0.2, 0) is 26.0 Å². The quantitative estimate of drug-likeness (QED) is 0.787. The SMILES string of the molecule is CCOC(=O)CN(c1cccc2c1NCCC2)S(=O)(=O)c1ccccc1.